The average Bonchev–Trinajstić information content (AvgIpc) is 3.15. The topological polar surface area (TPSA) is 60.6 Å². The van der Waals surface area contributed by atoms with Crippen LogP contribution in [-0.2, 0) is 6.54 Å². The summed E-state index contributed by atoms with van der Waals surface area (Å²) in [6.07, 6.45) is 1.81. The number of hydrogen-bond acceptors (Lipinski definition) is 3. The summed E-state index contributed by atoms with van der Waals surface area (Å²) in [5, 5.41) is 1.21. The molecule has 0 saturated heterocycles. The van der Waals surface area contributed by atoms with Crippen molar-refractivity contribution in [2.24, 2.45) is 0 Å². The Kier molecular flexibility index (Phi) is 3.84. The highest BCUT2D eigenvalue weighted by atomic mass is 15.1. The second-order valence-electron chi connectivity index (χ2n) is 8.01. The molecule has 0 saturated carbocycles. The maximum absolute atomic E-state index is 4.44. The van der Waals surface area contributed by atoms with Crippen molar-refractivity contribution in [2.45, 2.75) is 39.8 Å². The van der Waals surface area contributed by atoms with Crippen molar-refractivity contribution in [2.75, 3.05) is 7.05 Å². The van der Waals surface area contributed by atoms with E-state index < -0.39 is 0 Å². The molecule has 4 rings (SSSR count). The van der Waals surface area contributed by atoms with Gasteiger partial charge >= 0.3 is 0 Å². The number of nitrogens with zero attached hydrogens (tertiary/aromatic N) is 3. The minimum Gasteiger partial charge on any atom is -0.354 e. The molecule has 3 heterocycles. The van der Waals surface area contributed by atoms with Gasteiger partial charge in [0, 0.05) is 40.4 Å². The molecule has 5 nitrogen and oxygen atoms in total. The monoisotopic (exact) mass is 347 g/mol. The van der Waals surface area contributed by atoms with Gasteiger partial charge in [-0.3, -0.25) is 4.90 Å². The summed E-state index contributed by atoms with van der Waals surface area (Å²) in [4.78, 5) is 18.0. The number of H-pyrrole nitrogens is 2. The van der Waals surface area contributed by atoms with Crippen LogP contribution in [0.4, 0.5) is 0 Å². The molecule has 0 aliphatic carbocycles. The van der Waals surface area contributed by atoms with Gasteiger partial charge in [-0.15, -0.1) is 0 Å². The second-order valence-corrected chi connectivity index (χ2v) is 8.01. The van der Waals surface area contributed by atoms with E-state index in [0.717, 1.165) is 40.3 Å². The summed E-state index contributed by atoms with van der Waals surface area (Å²) in [7, 11) is 2.17. The molecular weight excluding hydrogens is 322 g/mol. The number of aromatic amines is 2. The molecular formula is C21H25N5. The Balaban J connectivity index is 1.74. The fourth-order valence-corrected chi connectivity index (χ4v) is 3.18. The molecule has 26 heavy (non-hydrogen) atoms. The normalized spacial score (nSPS) is 12.5. The quantitative estimate of drug-likeness (QED) is 0.567. The summed E-state index contributed by atoms with van der Waals surface area (Å²) in [6.45, 7) is 9.58. The van der Waals surface area contributed by atoms with Crippen LogP contribution in [0.3, 0.4) is 0 Å². The van der Waals surface area contributed by atoms with Crippen molar-refractivity contribution in [1.82, 2.24) is 24.8 Å². The Labute approximate surface area is 153 Å². The van der Waals surface area contributed by atoms with Gasteiger partial charge in [-0.25, -0.2) is 9.97 Å². The zero-order valence-corrected chi connectivity index (χ0v) is 16.0. The maximum Gasteiger partial charge on any atom is 0.178 e. The number of rotatable bonds is 3. The summed E-state index contributed by atoms with van der Waals surface area (Å²) < 4.78 is 0. The van der Waals surface area contributed by atoms with Crippen LogP contribution in [0.1, 0.15) is 32.2 Å². The summed E-state index contributed by atoms with van der Waals surface area (Å²) >= 11 is 0. The molecule has 0 atom stereocenters. The standard InChI is InChI=1S/C21H25N5/c1-13-23-19-16(8-9-22-20(19)24-13)18-11-15-7-6-14(10-17(15)25-18)12-26(5)21(2,3)4/h6-11,25H,12H2,1-5H3,(H,22,23,24). The van der Waals surface area contributed by atoms with Crippen LogP contribution in [0.2, 0.25) is 0 Å². The number of pyridine rings is 1. The van der Waals surface area contributed by atoms with Gasteiger partial charge in [0.05, 0.1) is 5.52 Å². The van der Waals surface area contributed by atoms with Gasteiger partial charge in [0.25, 0.3) is 0 Å². The third kappa shape index (κ3) is 2.99. The Morgan fingerprint density at radius 2 is 1.88 bits per heavy atom. The average molecular weight is 347 g/mol. The number of aromatic nitrogens is 4. The van der Waals surface area contributed by atoms with Crippen molar-refractivity contribution in [1.29, 1.82) is 0 Å². The predicted octanol–water partition coefficient (Wildman–Crippen LogP) is 4.64. The van der Waals surface area contributed by atoms with Crippen molar-refractivity contribution in [3.8, 4) is 11.3 Å². The molecule has 0 bridgehead atoms. The van der Waals surface area contributed by atoms with E-state index >= 15 is 0 Å². The van der Waals surface area contributed by atoms with Crippen LogP contribution in [0, 0.1) is 6.92 Å². The number of nitrogens with one attached hydrogen (secondary N) is 2. The van der Waals surface area contributed by atoms with Crippen molar-refractivity contribution < 1.29 is 0 Å². The molecule has 4 aromatic rings. The van der Waals surface area contributed by atoms with Crippen LogP contribution in [0.5, 0.6) is 0 Å². The van der Waals surface area contributed by atoms with Gasteiger partial charge < -0.3 is 9.97 Å². The van der Waals surface area contributed by atoms with Gasteiger partial charge in [-0.2, -0.15) is 0 Å². The lowest BCUT2D eigenvalue weighted by atomic mass is 10.1. The Bertz CT molecular complexity index is 1080. The minimum atomic E-state index is 0.150. The van der Waals surface area contributed by atoms with E-state index in [4.69, 9.17) is 0 Å². The fourth-order valence-electron chi connectivity index (χ4n) is 3.18. The molecule has 0 radical (unpaired) electrons. The molecule has 0 amide bonds. The number of imidazole rings is 1. The summed E-state index contributed by atoms with van der Waals surface area (Å²) in [5.74, 6) is 0.878. The van der Waals surface area contributed by atoms with E-state index in [0.29, 0.717) is 0 Å². The van der Waals surface area contributed by atoms with Gasteiger partial charge in [0.2, 0.25) is 0 Å². The van der Waals surface area contributed by atoms with Crippen LogP contribution in [0.25, 0.3) is 33.3 Å². The predicted molar refractivity (Wildman–Crippen MR) is 107 cm³/mol. The maximum atomic E-state index is 4.44. The van der Waals surface area contributed by atoms with E-state index in [9.17, 15) is 0 Å². The van der Waals surface area contributed by atoms with E-state index in [1.807, 2.05) is 19.2 Å². The van der Waals surface area contributed by atoms with Gasteiger partial charge in [-0.05, 0) is 58.5 Å². The fraction of sp³-hybridized carbons (Fsp3) is 0.333. The first-order valence-electron chi connectivity index (χ1n) is 8.96. The van der Waals surface area contributed by atoms with Crippen molar-refractivity contribution >= 4 is 22.1 Å². The number of benzene rings is 1. The first-order valence-corrected chi connectivity index (χ1v) is 8.96. The van der Waals surface area contributed by atoms with Crippen molar-refractivity contribution in [3.63, 3.8) is 0 Å². The Morgan fingerprint density at radius 1 is 1.08 bits per heavy atom. The second kappa shape index (κ2) is 5.95. The molecule has 1 aromatic carbocycles. The number of aryl methyl sites for hydroxylation is 1. The summed E-state index contributed by atoms with van der Waals surface area (Å²) in [5.41, 5.74) is 6.52. The van der Waals surface area contributed by atoms with Crippen molar-refractivity contribution in [3.05, 3.63) is 47.9 Å². The largest absolute Gasteiger partial charge is 0.354 e. The number of hydrogen-bond donors (Lipinski definition) is 2. The lowest BCUT2D eigenvalue weighted by Gasteiger charge is -2.31. The lowest BCUT2D eigenvalue weighted by Crippen LogP contribution is -2.37. The van der Waals surface area contributed by atoms with Crippen LogP contribution in [0.15, 0.2) is 36.5 Å². The molecule has 0 aliphatic heterocycles. The highest BCUT2D eigenvalue weighted by molar-refractivity contribution is 5.94. The van der Waals surface area contributed by atoms with Gasteiger partial charge in [0.15, 0.2) is 5.65 Å². The minimum absolute atomic E-state index is 0.150. The van der Waals surface area contributed by atoms with E-state index in [1.165, 1.54) is 10.9 Å². The van der Waals surface area contributed by atoms with Crippen LogP contribution in [-0.4, -0.2) is 37.4 Å². The highest BCUT2D eigenvalue weighted by Crippen LogP contribution is 2.29. The molecule has 0 unspecified atom stereocenters. The molecule has 0 fully saturated rings. The Morgan fingerprint density at radius 3 is 2.65 bits per heavy atom. The van der Waals surface area contributed by atoms with E-state index in [2.05, 4.69) is 76.9 Å². The van der Waals surface area contributed by atoms with Crippen LogP contribution >= 0.6 is 0 Å². The Hall–Kier alpha value is -2.66. The smallest absolute Gasteiger partial charge is 0.178 e. The molecule has 0 spiro atoms. The van der Waals surface area contributed by atoms with Gasteiger partial charge in [-0.1, -0.05) is 12.1 Å². The molecule has 2 N–H and O–H groups in total. The number of fused-ring (bicyclic) bond motifs is 2. The van der Waals surface area contributed by atoms with Crippen LogP contribution < -0.4 is 0 Å². The van der Waals surface area contributed by atoms with Gasteiger partial charge in [0.1, 0.15) is 5.82 Å². The zero-order chi connectivity index (χ0) is 18.5. The first kappa shape index (κ1) is 16.8. The third-order valence-electron chi connectivity index (χ3n) is 5.05. The molecule has 3 aromatic heterocycles. The highest BCUT2D eigenvalue weighted by Gasteiger charge is 2.17. The third-order valence-corrected chi connectivity index (χ3v) is 5.05. The SMILES string of the molecule is Cc1nc2nccc(-c3cc4ccc(CN(C)C(C)(C)C)cc4[nH]3)c2[nH]1. The summed E-state index contributed by atoms with van der Waals surface area (Å²) in [6, 6.07) is 10.9. The molecule has 0 aliphatic rings. The zero-order valence-electron chi connectivity index (χ0n) is 16.0. The molecule has 5 heteroatoms. The van der Waals surface area contributed by atoms with E-state index in [-0.39, 0.29) is 5.54 Å². The molecule has 134 valence electrons. The lowest BCUT2D eigenvalue weighted by molar-refractivity contribution is 0.167. The van der Waals surface area contributed by atoms with E-state index in [1.54, 1.807) is 0 Å². The first-order chi connectivity index (χ1) is 12.3.